The highest BCUT2D eigenvalue weighted by atomic mass is 32.1. The van der Waals surface area contributed by atoms with Crippen LogP contribution in [-0.4, -0.2) is 39.6 Å². The van der Waals surface area contributed by atoms with Crippen LogP contribution >= 0.6 is 20.7 Å². The van der Waals surface area contributed by atoms with Crippen LogP contribution in [-0.2, 0) is 6.54 Å². The van der Waals surface area contributed by atoms with Crippen LogP contribution in [0, 0.1) is 0 Å². The van der Waals surface area contributed by atoms with Gasteiger partial charge < -0.3 is 4.90 Å². The molecule has 1 amide bonds. The van der Waals surface area contributed by atoms with Crippen LogP contribution in [0.5, 0.6) is 0 Å². The van der Waals surface area contributed by atoms with Gasteiger partial charge in [-0.15, -0.1) is 11.3 Å². The fourth-order valence-corrected chi connectivity index (χ4v) is 3.14. The maximum Gasteiger partial charge on any atom is 0.274 e. The normalized spacial score (nSPS) is 22.6. The number of amides is 1. The van der Waals surface area contributed by atoms with Crippen molar-refractivity contribution in [1.82, 2.24) is 14.6 Å². The number of rotatable bonds is 1. The van der Waals surface area contributed by atoms with Crippen molar-refractivity contribution in [2.45, 2.75) is 12.6 Å². The zero-order chi connectivity index (χ0) is 9.71. The topological polar surface area (TPSA) is 36.4 Å². The van der Waals surface area contributed by atoms with Gasteiger partial charge in [0.25, 0.3) is 5.91 Å². The summed E-state index contributed by atoms with van der Waals surface area (Å²) in [5.41, 5.74) is 2.43. The van der Waals surface area contributed by atoms with Crippen molar-refractivity contribution in [3.63, 3.8) is 0 Å². The first-order valence-corrected chi connectivity index (χ1v) is 5.88. The van der Waals surface area contributed by atoms with E-state index in [2.05, 4.69) is 19.0 Å². The maximum absolute atomic E-state index is 11.8. The molecule has 2 aliphatic heterocycles. The fourth-order valence-electron chi connectivity index (χ4n) is 1.90. The van der Waals surface area contributed by atoms with Crippen molar-refractivity contribution in [1.29, 1.82) is 0 Å². The Morgan fingerprint density at radius 3 is 3.00 bits per heavy atom. The van der Waals surface area contributed by atoms with E-state index in [4.69, 9.17) is 0 Å². The largest absolute Gasteiger partial charge is 0.326 e. The minimum atomic E-state index is 0.115. The van der Waals surface area contributed by atoms with Crippen molar-refractivity contribution in [3.8, 4) is 0 Å². The quantitative estimate of drug-likeness (QED) is 0.658. The summed E-state index contributed by atoms with van der Waals surface area (Å²) < 4.78 is 2.14. The van der Waals surface area contributed by atoms with Crippen molar-refractivity contribution in [3.05, 3.63) is 16.1 Å². The van der Waals surface area contributed by atoms with Crippen LogP contribution < -0.4 is 0 Å². The molecular formula is C8H10N3OPS. The number of nitrogens with zero attached hydrogens (tertiary/aromatic N) is 3. The Kier molecular flexibility index (Phi) is 1.87. The molecule has 1 aromatic heterocycles. The predicted molar refractivity (Wildman–Crippen MR) is 57.1 cm³/mol. The van der Waals surface area contributed by atoms with E-state index in [1.807, 2.05) is 4.90 Å². The molecule has 0 aliphatic carbocycles. The second-order valence-electron chi connectivity index (χ2n) is 3.66. The van der Waals surface area contributed by atoms with Crippen molar-refractivity contribution < 1.29 is 4.79 Å². The molecule has 1 atom stereocenters. The number of aromatic nitrogens is 1. The number of carbonyl (C=O) groups excluding carboxylic acids is 1. The smallest absolute Gasteiger partial charge is 0.274 e. The molecule has 1 aromatic rings. The zero-order valence-electron chi connectivity index (χ0n) is 7.51. The molecule has 0 spiro atoms. The molecule has 0 saturated carbocycles. The monoisotopic (exact) mass is 227 g/mol. The standard InChI is InChI=1S/C8H10N3OPS/c12-8-7-6(14-4-9-7)3-11(8)5-1-10(13)2-5/h4-5H,1-3,13H2. The van der Waals surface area contributed by atoms with Gasteiger partial charge in [-0.1, -0.05) is 9.39 Å². The summed E-state index contributed by atoms with van der Waals surface area (Å²) in [5.74, 6) is 0.115. The van der Waals surface area contributed by atoms with Gasteiger partial charge in [0.15, 0.2) is 0 Å². The van der Waals surface area contributed by atoms with Gasteiger partial charge in [0.1, 0.15) is 5.69 Å². The van der Waals surface area contributed by atoms with Crippen molar-refractivity contribution >= 4 is 26.6 Å². The molecular weight excluding hydrogens is 217 g/mol. The minimum Gasteiger partial charge on any atom is -0.326 e. The highest BCUT2D eigenvalue weighted by Gasteiger charge is 2.39. The van der Waals surface area contributed by atoms with E-state index in [9.17, 15) is 4.79 Å². The van der Waals surface area contributed by atoms with Crippen LogP contribution in [0.4, 0.5) is 0 Å². The van der Waals surface area contributed by atoms with Gasteiger partial charge in [-0.25, -0.2) is 4.98 Å². The molecule has 74 valence electrons. The van der Waals surface area contributed by atoms with E-state index in [1.165, 1.54) is 0 Å². The maximum atomic E-state index is 11.8. The molecule has 6 heteroatoms. The molecule has 14 heavy (non-hydrogen) atoms. The summed E-state index contributed by atoms with van der Waals surface area (Å²) in [4.78, 5) is 19.0. The molecule has 3 heterocycles. The number of fused-ring (bicyclic) bond motifs is 1. The SMILES string of the molecule is O=C1c2ncsc2CN1C1CN(P)C1. The Balaban J connectivity index is 1.81. The van der Waals surface area contributed by atoms with Gasteiger partial charge in [-0.3, -0.25) is 9.46 Å². The van der Waals surface area contributed by atoms with Crippen LogP contribution in [0.15, 0.2) is 5.51 Å². The summed E-state index contributed by atoms with van der Waals surface area (Å²) in [7, 11) is 2.65. The van der Waals surface area contributed by atoms with E-state index in [1.54, 1.807) is 16.8 Å². The number of thiazole rings is 1. The summed E-state index contributed by atoms with van der Waals surface area (Å²) in [6, 6.07) is 0.390. The van der Waals surface area contributed by atoms with Crippen molar-refractivity contribution in [2.24, 2.45) is 0 Å². The highest BCUT2D eigenvalue weighted by Crippen LogP contribution is 2.30. The number of hydrogen-bond donors (Lipinski definition) is 0. The van der Waals surface area contributed by atoms with E-state index in [0.717, 1.165) is 24.5 Å². The van der Waals surface area contributed by atoms with Crippen LogP contribution in [0.25, 0.3) is 0 Å². The lowest BCUT2D eigenvalue weighted by Crippen LogP contribution is -2.55. The molecule has 0 aromatic carbocycles. The molecule has 1 unspecified atom stereocenters. The first kappa shape index (κ1) is 8.77. The van der Waals surface area contributed by atoms with Crippen LogP contribution in [0.1, 0.15) is 15.4 Å². The van der Waals surface area contributed by atoms with Crippen LogP contribution in [0.2, 0.25) is 0 Å². The molecule has 0 N–H and O–H groups in total. The molecule has 1 saturated heterocycles. The Morgan fingerprint density at radius 1 is 1.57 bits per heavy atom. The Bertz CT molecular complexity index is 388. The van der Waals surface area contributed by atoms with E-state index >= 15 is 0 Å². The average Bonchev–Trinajstić information content (AvgIpc) is 2.64. The molecule has 0 bridgehead atoms. The van der Waals surface area contributed by atoms with Gasteiger partial charge in [-0.2, -0.15) is 0 Å². The minimum absolute atomic E-state index is 0.115. The summed E-state index contributed by atoms with van der Waals surface area (Å²) >= 11 is 1.58. The Labute approximate surface area is 88.2 Å². The third-order valence-corrected chi connectivity index (χ3v) is 3.99. The van der Waals surface area contributed by atoms with Crippen LogP contribution in [0.3, 0.4) is 0 Å². The summed E-state index contributed by atoms with van der Waals surface area (Å²) in [6.45, 7) is 2.69. The number of hydrogen-bond acceptors (Lipinski definition) is 4. The molecule has 3 rings (SSSR count). The molecule has 2 aliphatic rings. The van der Waals surface area contributed by atoms with Gasteiger partial charge >= 0.3 is 0 Å². The summed E-state index contributed by atoms with van der Waals surface area (Å²) in [6.07, 6.45) is 0. The Hall–Kier alpha value is -0.510. The van der Waals surface area contributed by atoms with E-state index in [-0.39, 0.29) is 5.91 Å². The van der Waals surface area contributed by atoms with E-state index in [0.29, 0.717) is 11.7 Å². The van der Waals surface area contributed by atoms with Gasteiger partial charge in [-0.05, 0) is 0 Å². The predicted octanol–water partition coefficient (Wildman–Crippen LogP) is 0.573. The summed E-state index contributed by atoms with van der Waals surface area (Å²) in [5, 5.41) is 0. The zero-order valence-corrected chi connectivity index (χ0v) is 9.48. The second kappa shape index (κ2) is 2.99. The van der Waals surface area contributed by atoms with Gasteiger partial charge in [0, 0.05) is 13.1 Å². The van der Waals surface area contributed by atoms with Crippen molar-refractivity contribution in [2.75, 3.05) is 13.1 Å². The second-order valence-corrected chi connectivity index (χ2v) is 5.33. The Morgan fingerprint density at radius 2 is 2.36 bits per heavy atom. The lowest BCUT2D eigenvalue weighted by Gasteiger charge is -2.41. The fraction of sp³-hybridized carbons (Fsp3) is 0.500. The highest BCUT2D eigenvalue weighted by molar-refractivity contribution is 7.13. The van der Waals surface area contributed by atoms with E-state index < -0.39 is 0 Å². The lowest BCUT2D eigenvalue weighted by molar-refractivity contribution is 0.0534. The number of carbonyl (C=O) groups is 1. The average molecular weight is 227 g/mol. The molecule has 0 radical (unpaired) electrons. The third-order valence-electron chi connectivity index (χ3n) is 2.75. The first-order valence-electron chi connectivity index (χ1n) is 4.48. The van der Waals surface area contributed by atoms with Gasteiger partial charge in [0.2, 0.25) is 0 Å². The molecule has 4 nitrogen and oxygen atoms in total. The van der Waals surface area contributed by atoms with Gasteiger partial charge in [0.05, 0.1) is 23.0 Å². The molecule has 1 fully saturated rings. The third kappa shape index (κ3) is 1.13. The first-order chi connectivity index (χ1) is 6.75. The lowest BCUT2D eigenvalue weighted by atomic mass is 10.1.